The molecule has 0 saturated carbocycles. The molecule has 0 bridgehead atoms. The Kier molecular flexibility index (Phi) is 3.90. The summed E-state index contributed by atoms with van der Waals surface area (Å²) >= 11 is 3.15. The molecule has 21 heavy (non-hydrogen) atoms. The van der Waals surface area contributed by atoms with Crippen LogP contribution < -0.4 is 5.56 Å². The first kappa shape index (κ1) is 14.0. The molecule has 3 aromatic rings. The van der Waals surface area contributed by atoms with Crippen molar-refractivity contribution in [1.82, 2.24) is 9.66 Å². The van der Waals surface area contributed by atoms with Crippen LogP contribution in [0.2, 0.25) is 0 Å². The standard InChI is InChI=1S/C15H13N3OS2/c1-10-17-14-13(7-8-21-14)15(19)18(10)16-9-11-3-5-12(20-2)6-4-11/h3-9H,1-2H3/b16-9-. The molecular weight excluding hydrogens is 302 g/mol. The van der Waals surface area contributed by atoms with Crippen molar-refractivity contribution in [3.8, 4) is 0 Å². The minimum Gasteiger partial charge on any atom is -0.267 e. The van der Waals surface area contributed by atoms with Crippen molar-refractivity contribution in [3.05, 3.63) is 57.5 Å². The third-order valence-electron chi connectivity index (χ3n) is 3.08. The number of aromatic nitrogens is 2. The number of thioether (sulfide) groups is 1. The fourth-order valence-corrected chi connectivity index (χ4v) is 3.16. The molecule has 0 fully saturated rings. The zero-order valence-electron chi connectivity index (χ0n) is 11.6. The molecule has 0 spiro atoms. The lowest BCUT2D eigenvalue weighted by Crippen LogP contribution is -2.19. The third-order valence-corrected chi connectivity index (χ3v) is 4.63. The van der Waals surface area contributed by atoms with Crippen LogP contribution in [0.3, 0.4) is 0 Å². The van der Waals surface area contributed by atoms with E-state index in [2.05, 4.69) is 10.1 Å². The van der Waals surface area contributed by atoms with Gasteiger partial charge in [0.1, 0.15) is 10.7 Å². The van der Waals surface area contributed by atoms with Gasteiger partial charge in [0, 0.05) is 4.90 Å². The molecule has 2 aromatic heterocycles. The van der Waals surface area contributed by atoms with E-state index in [1.807, 2.05) is 35.9 Å². The van der Waals surface area contributed by atoms with Crippen LogP contribution in [0.15, 0.2) is 50.5 Å². The molecule has 3 rings (SSSR count). The summed E-state index contributed by atoms with van der Waals surface area (Å²) in [4.78, 5) is 18.7. The van der Waals surface area contributed by atoms with Crippen LogP contribution in [-0.4, -0.2) is 22.1 Å². The largest absolute Gasteiger partial charge is 0.282 e. The van der Waals surface area contributed by atoms with E-state index in [0.29, 0.717) is 11.2 Å². The molecule has 6 heteroatoms. The second kappa shape index (κ2) is 5.83. The zero-order valence-corrected chi connectivity index (χ0v) is 13.2. The average molecular weight is 315 g/mol. The van der Waals surface area contributed by atoms with Gasteiger partial charge in [-0.1, -0.05) is 12.1 Å². The first-order chi connectivity index (χ1) is 10.2. The van der Waals surface area contributed by atoms with E-state index >= 15 is 0 Å². The van der Waals surface area contributed by atoms with Crippen molar-refractivity contribution in [2.75, 3.05) is 6.26 Å². The van der Waals surface area contributed by atoms with Crippen LogP contribution in [0.5, 0.6) is 0 Å². The fraction of sp³-hybridized carbons (Fsp3) is 0.133. The highest BCUT2D eigenvalue weighted by molar-refractivity contribution is 7.98. The summed E-state index contributed by atoms with van der Waals surface area (Å²) in [6, 6.07) is 9.80. The summed E-state index contributed by atoms with van der Waals surface area (Å²) < 4.78 is 1.34. The van der Waals surface area contributed by atoms with Gasteiger partial charge < -0.3 is 0 Å². The lowest BCUT2D eigenvalue weighted by Gasteiger charge is -2.02. The molecule has 0 aliphatic heterocycles. The SMILES string of the molecule is CSc1ccc(/C=N\n2c(C)nc3sccc3c2=O)cc1. The van der Waals surface area contributed by atoms with Gasteiger partial charge in [0.05, 0.1) is 11.6 Å². The summed E-state index contributed by atoms with van der Waals surface area (Å²) in [6.07, 6.45) is 3.71. The van der Waals surface area contributed by atoms with Crippen molar-refractivity contribution >= 4 is 39.5 Å². The predicted molar refractivity (Wildman–Crippen MR) is 89.8 cm³/mol. The minimum absolute atomic E-state index is 0.129. The van der Waals surface area contributed by atoms with E-state index in [-0.39, 0.29) is 5.56 Å². The van der Waals surface area contributed by atoms with E-state index in [1.165, 1.54) is 20.9 Å². The highest BCUT2D eigenvalue weighted by atomic mass is 32.2. The van der Waals surface area contributed by atoms with Crippen LogP contribution in [0.1, 0.15) is 11.4 Å². The molecule has 0 N–H and O–H groups in total. The Hall–Kier alpha value is -1.92. The van der Waals surface area contributed by atoms with Crippen LogP contribution in [0.25, 0.3) is 10.2 Å². The Morgan fingerprint density at radius 2 is 2.05 bits per heavy atom. The minimum atomic E-state index is -0.129. The van der Waals surface area contributed by atoms with E-state index < -0.39 is 0 Å². The second-order valence-electron chi connectivity index (χ2n) is 4.43. The first-order valence-corrected chi connectivity index (χ1v) is 8.45. The number of hydrogen-bond donors (Lipinski definition) is 0. The Labute approximate surface area is 130 Å². The molecule has 106 valence electrons. The highest BCUT2D eigenvalue weighted by Crippen LogP contribution is 2.15. The zero-order chi connectivity index (χ0) is 14.8. The Bertz CT molecular complexity index is 863. The number of thiophene rings is 1. The van der Waals surface area contributed by atoms with Crippen LogP contribution in [0.4, 0.5) is 0 Å². The van der Waals surface area contributed by atoms with Gasteiger partial charge in [0.15, 0.2) is 0 Å². The van der Waals surface area contributed by atoms with Gasteiger partial charge in [-0.15, -0.1) is 23.1 Å². The Balaban J connectivity index is 2.00. The Morgan fingerprint density at radius 1 is 1.29 bits per heavy atom. The number of benzene rings is 1. The third kappa shape index (κ3) is 2.77. The maximum atomic E-state index is 12.3. The Morgan fingerprint density at radius 3 is 2.76 bits per heavy atom. The monoisotopic (exact) mass is 315 g/mol. The summed E-state index contributed by atoms with van der Waals surface area (Å²) in [7, 11) is 0. The van der Waals surface area contributed by atoms with Crippen molar-refractivity contribution in [1.29, 1.82) is 0 Å². The van der Waals surface area contributed by atoms with E-state index in [4.69, 9.17) is 0 Å². The maximum absolute atomic E-state index is 12.3. The molecule has 0 saturated heterocycles. The number of aryl methyl sites for hydroxylation is 1. The van der Waals surface area contributed by atoms with Crippen molar-refractivity contribution in [2.24, 2.45) is 5.10 Å². The van der Waals surface area contributed by atoms with Crippen molar-refractivity contribution in [3.63, 3.8) is 0 Å². The van der Waals surface area contributed by atoms with Gasteiger partial charge >= 0.3 is 0 Å². The predicted octanol–water partition coefficient (Wildman–Crippen LogP) is 3.37. The topological polar surface area (TPSA) is 47.2 Å². The fourth-order valence-electron chi connectivity index (χ4n) is 1.96. The molecular formula is C15H13N3OS2. The van der Waals surface area contributed by atoms with E-state index in [0.717, 1.165) is 10.4 Å². The number of fused-ring (bicyclic) bond motifs is 1. The lowest BCUT2D eigenvalue weighted by atomic mass is 10.2. The van der Waals surface area contributed by atoms with Crippen molar-refractivity contribution in [2.45, 2.75) is 11.8 Å². The number of nitrogens with zero attached hydrogens (tertiary/aromatic N) is 3. The molecule has 0 unspecified atom stereocenters. The maximum Gasteiger partial charge on any atom is 0.282 e. The second-order valence-corrected chi connectivity index (χ2v) is 6.21. The summed E-state index contributed by atoms with van der Waals surface area (Å²) in [5.41, 5.74) is 0.820. The van der Waals surface area contributed by atoms with Crippen molar-refractivity contribution < 1.29 is 0 Å². The van der Waals surface area contributed by atoms with E-state index in [9.17, 15) is 4.79 Å². The van der Waals surface area contributed by atoms with Gasteiger partial charge in [-0.2, -0.15) is 9.78 Å². The molecule has 4 nitrogen and oxygen atoms in total. The molecule has 0 atom stereocenters. The quantitative estimate of drug-likeness (QED) is 0.550. The highest BCUT2D eigenvalue weighted by Gasteiger charge is 2.07. The molecule has 0 radical (unpaired) electrons. The smallest absolute Gasteiger partial charge is 0.267 e. The average Bonchev–Trinajstić information content (AvgIpc) is 2.96. The van der Waals surface area contributed by atoms with Crippen LogP contribution in [0, 0.1) is 6.92 Å². The molecule has 0 aliphatic rings. The summed E-state index contributed by atoms with van der Waals surface area (Å²) in [6.45, 7) is 1.79. The van der Waals surface area contributed by atoms with Gasteiger partial charge in [0.25, 0.3) is 5.56 Å². The first-order valence-electron chi connectivity index (χ1n) is 6.34. The van der Waals surface area contributed by atoms with Crippen LogP contribution >= 0.6 is 23.1 Å². The number of hydrogen-bond acceptors (Lipinski definition) is 5. The van der Waals surface area contributed by atoms with E-state index in [1.54, 1.807) is 31.0 Å². The molecule has 0 aliphatic carbocycles. The summed E-state index contributed by atoms with van der Waals surface area (Å²) in [5, 5.41) is 6.76. The van der Waals surface area contributed by atoms with Gasteiger partial charge in [-0.05, 0) is 42.3 Å². The summed E-state index contributed by atoms with van der Waals surface area (Å²) in [5.74, 6) is 0.590. The van der Waals surface area contributed by atoms with Gasteiger partial charge in [-0.3, -0.25) is 4.79 Å². The molecule has 2 heterocycles. The normalized spacial score (nSPS) is 11.5. The number of rotatable bonds is 3. The molecule has 0 amide bonds. The van der Waals surface area contributed by atoms with Gasteiger partial charge in [0.2, 0.25) is 0 Å². The van der Waals surface area contributed by atoms with Crippen LogP contribution in [-0.2, 0) is 0 Å². The molecule has 1 aromatic carbocycles. The van der Waals surface area contributed by atoms with Gasteiger partial charge in [-0.25, -0.2) is 4.98 Å². The lowest BCUT2D eigenvalue weighted by molar-refractivity contribution is 0.772.